The third kappa shape index (κ3) is 2.47. The van der Waals surface area contributed by atoms with Crippen molar-refractivity contribution < 1.29 is 0 Å². The van der Waals surface area contributed by atoms with Crippen LogP contribution >= 0.6 is 0 Å². The first-order chi connectivity index (χ1) is 6.27. The molecule has 0 aliphatic carbocycles. The Morgan fingerprint density at radius 2 is 2.15 bits per heavy atom. The van der Waals surface area contributed by atoms with Crippen LogP contribution in [-0.2, 0) is 6.42 Å². The van der Waals surface area contributed by atoms with Crippen LogP contribution in [0.3, 0.4) is 0 Å². The van der Waals surface area contributed by atoms with E-state index < -0.39 is 0 Å². The van der Waals surface area contributed by atoms with Crippen molar-refractivity contribution in [2.24, 2.45) is 10.7 Å². The Morgan fingerprint density at radius 1 is 1.46 bits per heavy atom. The lowest BCUT2D eigenvalue weighted by Gasteiger charge is -2.08. The maximum absolute atomic E-state index is 5.57. The monoisotopic (exact) mass is 177 g/mol. The number of benzene rings is 1. The summed E-state index contributed by atoms with van der Waals surface area (Å²) in [6.07, 6.45) is 0.986. The molecule has 0 bridgehead atoms. The Labute approximate surface area is 78.7 Å². The summed E-state index contributed by atoms with van der Waals surface area (Å²) >= 11 is 0. The Kier molecular flexibility index (Phi) is 3.31. The second-order valence-corrected chi connectivity index (χ2v) is 2.74. The third-order valence-electron chi connectivity index (χ3n) is 1.90. The number of guanidine groups is 1. The molecule has 70 valence electrons. The van der Waals surface area contributed by atoms with Crippen molar-refractivity contribution in [2.75, 3.05) is 12.4 Å². The van der Waals surface area contributed by atoms with Gasteiger partial charge in [-0.05, 0) is 18.1 Å². The van der Waals surface area contributed by atoms with Gasteiger partial charge in [-0.25, -0.2) is 0 Å². The molecule has 3 heteroatoms. The number of anilines is 1. The van der Waals surface area contributed by atoms with E-state index in [4.69, 9.17) is 5.73 Å². The van der Waals surface area contributed by atoms with Gasteiger partial charge in [0.25, 0.3) is 0 Å². The molecule has 0 amide bonds. The predicted octanol–water partition coefficient (Wildman–Crippen LogP) is 1.61. The summed E-state index contributed by atoms with van der Waals surface area (Å²) in [6.45, 7) is 2.11. The fourth-order valence-corrected chi connectivity index (χ4v) is 1.14. The Hall–Kier alpha value is -1.51. The minimum Gasteiger partial charge on any atom is -0.370 e. The highest BCUT2D eigenvalue weighted by atomic mass is 15.1. The minimum absolute atomic E-state index is 0.445. The quantitative estimate of drug-likeness (QED) is 0.532. The number of aryl methyl sites for hydroxylation is 1. The van der Waals surface area contributed by atoms with Gasteiger partial charge in [-0.1, -0.05) is 25.1 Å². The van der Waals surface area contributed by atoms with Gasteiger partial charge in [0.05, 0.1) is 0 Å². The summed E-state index contributed by atoms with van der Waals surface area (Å²) in [7, 11) is 1.66. The van der Waals surface area contributed by atoms with E-state index in [0.717, 1.165) is 12.1 Å². The summed E-state index contributed by atoms with van der Waals surface area (Å²) in [5.41, 5.74) is 7.85. The van der Waals surface area contributed by atoms with E-state index in [2.05, 4.69) is 23.3 Å². The average Bonchev–Trinajstić information content (AvgIpc) is 2.18. The van der Waals surface area contributed by atoms with Crippen molar-refractivity contribution in [1.82, 2.24) is 0 Å². The molecular formula is C10H15N3. The van der Waals surface area contributed by atoms with Crippen molar-refractivity contribution in [3.05, 3.63) is 29.8 Å². The number of hydrogen-bond donors (Lipinski definition) is 2. The molecule has 0 aromatic heterocycles. The standard InChI is InChI=1S/C10H15N3/c1-3-8-6-4-5-7-9(8)13-10(11)12-2/h4-7H,3H2,1-2H3,(H3,11,12,13). The fraction of sp³-hybridized carbons (Fsp3) is 0.300. The van der Waals surface area contributed by atoms with Crippen LogP contribution in [0.15, 0.2) is 29.3 Å². The molecule has 0 spiro atoms. The molecule has 1 aromatic rings. The molecule has 0 saturated heterocycles. The second-order valence-electron chi connectivity index (χ2n) is 2.74. The molecular weight excluding hydrogens is 162 g/mol. The summed E-state index contributed by atoms with van der Waals surface area (Å²) in [4.78, 5) is 3.84. The van der Waals surface area contributed by atoms with E-state index in [1.165, 1.54) is 5.56 Å². The molecule has 1 rings (SSSR count). The van der Waals surface area contributed by atoms with Gasteiger partial charge < -0.3 is 11.1 Å². The van der Waals surface area contributed by atoms with Crippen LogP contribution in [-0.4, -0.2) is 13.0 Å². The van der Waals surface area contributed by atoms with Crippen molar-refractivity contribution in [3.63, 3.8) is 0 Å². The lowest BCUT2D eigenvalue weighted by molar-refractivity contribution is 1.14. The summed E-state index contributed by atoms with van der Waals surface area (Å²) in [6, 6.07) is 8.07. The number of nitrogens with zero attached hydrogens (tertiary/aromatic N) is 1. The topological polar surface area (TPSA) is 50.4 Å². The Bertz CT molecular complexity index is 305. The highest BCUT2D eigenvalue weighted by Gasteiger charge is 1.98. The van der Waals surface area contributed by atoms with Crippen LogP contribution in [0.25, 0.3) is 0 Å². The summed E-state index contributed by atoms with van der Waals surface area (Å²) < 4.78 is 0. The van der Waals surface area contributed by atoms with Gasteiger partial charge in [0.1, 0.15) is 0 Å². The number of rotatable bonds is 2. The summed E-state index contributed by atoms with van der Waals surface area (Å²) in [5.74, 6) is 0.445. The van der Waals surface area contributed by atoms with Crippen LogP contribution in [0.1, 0.15) is 12.5 Å². The molecule has 0 atom stereocenters. The van der Waals surface area contributed by atoms with Crippen molar-refractivity contribution in [2.45, 2.75) is 13.3 Å². The van der Waals surface area contributed by atoms with Gasteiger partial charge in [-0.3, -0.25) is 4.99 Å². The lowest BCUT2D eigenvalue weighted by atomic mass is 10.1. The molecule has 0 saturated carbocycles. The van der Waals surface area contributed by atoms with Crippen LogP contribution in [0.4, 0.5) is 5.69 Å². The minimum atomic E-state index is 0.445. The smallest absolute Gasteiger partial charge is 0.192 e. The molecule has 0 aliphatic heterocycles. The maximum atomic E-state index is 5.57. The van der Waals surface area contributed by atoms with E-state index in [9.17, 15) is 0 Å². The first kappa shape index (κ1) is 9.58. The molecule has 3 nitrogen and oxygen atoms in total. The Balaban J connectivity index is 2.87. The van der Waals surface area contributed by atoms with Gasteiger partial charge in [0.2, 0.25) is 0 Å². The highest BCUT2D eigenvalue weighted by Crippen LogP contribution is 2.14. The highest BCUT2D eigenvalue weighted by molar-refractivity contribution is 5.92. The molecule has 0 heterocycles. The summed E-state index contributed by atoms with van der Waals surface area (Å²) in [5, 5.41) is 3.04. The number of aliphatic imine (C=N–C) groups is 1. The number of hydrogen-bond acceptors (Lipinski definition) is 1. The molecule has 0 aliphatic rings. The largest absolute Gasteiger partial charge is 0.370 e. The number of nitrogens with two attached hydrogens (primary N) is 1. The zero-order valence-electron chi connectivity index (χ0n) is 8.04. The van der Waals surface area contributed by atoms with Gasteiger partial charge in [0, 0.05) is 12.7 Å². The normalized spacial score (nSPS) is 11.4. The van der Waals surface area contributed by atoms with Gasteiger partial charge in [0.15, 0.2) is 5.96 Å². The third-order valence-corrected chi connectivity index (χ3v) is 1.90. The molecule has 3 N–H and O–H groups in total. The van der Waals surface area contributed by atoms with E-state index >= 15 is 0 Å². The number of para-hydroxylation sites is 1. The van der Waals surface area contributed by atoms with Crippen LogP contribution in [0.5, 0.6) is 0 Å². The zero-order valence-corrected chi connectivity index (χ0v) is 8.04. The molecule has 0 unspecified atom stereocenters. The van der Waals surface area contributed by atoms with Gasteiger partial charge in [-0.15, -0.1) is 0 Å². The van der Waals surface area contributed by atoms with Crippen molar-refractivity contribution in [3.8, 4) is 0 Å². The molecule has 13 heavy (non-hydrogen) atoms. The molecule has 1 aromatic carbocycles. The van der Waals surface area contributed by atoms with E-state index in [0.29, 0.717) is 5.96 Å². The van der Waals surface area contributed by atoms with Crippen LogP contribution in [0.2, 0.25) is 0 Å². The first-order valence-electron chi connectivity index (χ1n) is 4.35. The fourth-order valence-electron chi connectivity index (χ4n) is 1.14. The van der Waals surface area contributed by atoms with Gasteiger partial charge in [-0.2, -0.15) is 0 Å². The number of nitrogens with one attached hydrogen (secondary N) is 1. The van der Waals surface area contributed by atoms with Crippen LogP contribution in [0, 0.1) is 0 Å². The zero-order chi connectivity index (χ0) is 9.68. The lowest BCUT2D eigenvalue weighted by Crippen LogP contribution is -2.22. The Morgan fingerprint density at radius 3 is 2.77 bits per heavy atom. The van der Waals surface area contributed by atoms with Crippen molar-refractivity contribution in [1.29, 1.82) is 0 Å². The predicted molar refractivity (Wildman–Crippen MR) is 57.0 cm³/mol. The van der Waals surface area contributed by atoms with E-state index in [1.807, 2.05) is 18.2 Å². The van der Waals surface area contributed by atoms with E-state index in [1.54, 1.807) is 7.05 Å². The van der Waals surface area contributed by atoms with Crippen molar-refractivity contribution >= 4 is 11.6 Å². The molecule has 0 radical (unpaired) electrons. The van der Waals surface area contributed by atoms with Gasteiger partial charge >= 0.3 is 0 Å². The molecule has 0 fully saturated rings. The average molecular weight is 177 g/mol. The first-order valence-corrected chi connectivity index (χ1v) is 4.35. The maximum Gasteiger partial charge on any atom is 0.192 e. The second kappa shape index (κ2) is 4.50. The van der Waals surface area contributed by atoms with E-state index in [-0.39, 0.29) is 0 Å². The van der Waals surface area contributed by atoms with Crippen LogP contribution < -0.4 is 11.1 Å². The SMILES string of the molecule is CCc1ccccc1NC(N)=NC.